The van der Waals surface area contributed by atoms with Crippen LogP contribution in [0.1, 0.15) is 29.5 Å². The summed E-state index contributed by atoms with van der Waals surface area (Å²) in [4.78, 5) is 14.1. The molecule has 1 amide bonds. The van der Waals surface area contributed by atoms with Crippen molar-refractivity contribution in [3.8, 4) is 5.75 Å². The molecule has 6 heteroatoms. The number of nitrogens with zero attached hydrogens (tertiary/aromatic N) is 1. The second-order valence-corrected chi connectivity index (χ2v) is 8.69. The normalized spacial score (nSPS) is 17.3. The standard InChI is InChI=1S/C20H23NO4S/c1-14(22)21-10-9-15-7-8-17(25-2)12-19(15)20(13-21)16-5-4-6-18(11-16)26(3,23)24/h4-8,11-12,20H,9-10,13H2,1-3H3. The average molecular weight is 373 g/mol. The molecule has 5 nitrogen and oxygen atoms in total. The molecule has 3 rings (SSSR count). The van der Waals surface area contributed by atoms with E-state index in [0.717, 1.165) is 28.9 Å². The zero-order valence-electron chi connectivity index (χ0n) is 15.2. The fraction of sp³-hybridized carbons (Fsp3) is 0.350. The Hall–Kier alpha value is -2.34. The number of sulfone groups is 1. The molecular formula is C20H23NO4S. The molecule has 1 aliphatic heterocycles. The van der Waals surface area contributed by atoms with Gasteiger partial charge in [-0.2, -0.15) is 0 Å². The second-order valence-electron chi connectivity index (χ2n) is 6.68. The number of hydrogen-bond donors (Lipinski definition) is 0. The molecule has 0 fully saturated rings. The topological polar surface area (TPSA) is 63.7 Å². The van der Waals surface area contributed by atoms with E-state index in [4.69, 9.17) is 4.74 Å². The van der Waals surface area contributed by atoms with Crippen LogP contribution < -0.4 is 4.74 Å². The van der Waals surface area contributed by atoms with Crippen LogP contribution in [0, 0.1) is 0 Å². The van der Waals surface area contributed by atoms with Crippen LogP contribution in [0.3, 0.4) is 0 Å². The van der Waals surface area contributed by atoms with E-state index in [0.29, 0.717) is 13.1 Å². The van der Waals surface area contributed by atoms with Crippen molar-refractivity contribution < 1.29 is 17.9 Å². The molecule has 0 radical (unpaired) electrons. The highest BCUT2D eigenvalue weighted by Crippen LogP contribution is 2.34. The van der Waals surface area contributed by atoms with Gasteiger partial charge in [0, 0.05) is 32.2 Å². The van der Waals surface area contributed by atoms with Gasteiger partial charge in [0.25, 0.3) is 0 Å². The first-order chi connectivity index (χ1) is 12.3. The highest BCUT2D eigenvalue weighted by Gasteiger charge is 2.27. The first-order valence-electron chi connectivity index (χ1n) is 8.52. The Morgan fingerprint density at radius 1 is 1.19 bits per heavy atom. The number of rotatable bonds is 3. The Morgan fingerprint density at radius 3 is 2.62 bits per heavy atom. The molecule has 1 aliphatic rings. The number of carbonyl (C=O) groups excluding carboxylic acids is 1. The van der Waals surface area contributed by atoms with Crippen LogP contribution >= 0.6 is 0 Å². The summed E-state index contributed by atoms with van der Waals surface area (Å²) in [5, 5.41) is 0. The van der Waals surface area contributed by atoms with Gasteiger partial charge in [-0.1, -0.05) is 18.2 Å². The van der Waals surface area contributed by atoms with Crippen molar-refractivity contribution in [1.29, 1.82) is 0 Å². The summed E-state index contributed by atoms with van der Waals surface area (Å²) in [7, 11) is -1.67. The zero-order valence-corrected chi connectivity index (χ0v) is 16.0. The van der Waals surface area contributed by atoms with E-state index in [1.807, 2.05) is 29.2 Å². The Balaban J connectivity index is 2.14. The summed E-state index contributed by atoms with van der Waals surface area (Å²) < 4.78 is 29.3. The van der Waals surface area contributed by atoms with E-state index < -0.39 is 9.84 Å². The van der Waals surface area contributed by atoms with E-state index in [9.17, 15) is 13.2 Å². The molecule has 0 aromatic heterocycles. The van der Waals surface area contributed by atoms with Crippen molar-refractivity contribution in [2.75, 3.05) is 26.5 Å². The summed E-state index contributed by atoms with van der Waals surface area (Å²) in [6, 6.07) is 13.0. The van der Waals surface area contributed by atoms with Gasteiger partial charge < -0.3 is 9.64 Å². The lowest BCUT2D eigenvalue weighted by molar-refractivity contribution is -0.128. The van der Waals surface area contributed by atoms with Gasteiger partial charge in [0.05, 0.1) is 12.0 Å². The maximum Gasteiger partial charge on any atom is 0.219 e. The van der Waals surface area contributed by atoms with Crippen molar-refractivity contribution in [2.45, 2.75) is 24.2 Å². The van der Waals surface area contributed by atoms with Crippen LogP contribution in [0.15, 0.2) is 47.4 Å². The van der Waals surface area contributed by atoms with Gasteiger partial charge in [-0.15, -0.1) is 0 Å². The molecule has 1 atom stereocenters. The highest BCUT2D eigenvalue weighted by atomic mass is 32.2. The van der Waals surface area contributed by atoms with Crippen LogP contribution in [-0.2, 0) is 21.1 Å². The molecule has 0 aliphatic carbocycles. The van der Waals surface area contributed by atoms with E-state index in [2.05, 4.69) is 0 Å². The molecule has 1 heterocycles. The Morgan fingerprint density at radius 2 is 1.96 bits per heavy atom. The van der Waals surface area contributed by atoms with Crippen LogP contribution in [0.2, 0.25) is 0 Å². The Kier molecular flexibility index (Phi) is 5.05. The predicted molar refractivity (Wildman–Crippen MR) is 100 cm³/mol. The summed E-state index contributed by atoms with van der Waals surface area (Å²) in [6.07, 6.45) is 1.97. The van der Waals surface area contributed by atoms with Gasteiger partial charge in [-0.3, -0.25) is 4.79 Å². The first-order valence-corrected chi connectivity index (χ1v) is 10.4. The van der Waals surface area contributed by atoms with Crippen molar-refractivity contribution >= 4 is 15.7 Å². The molecule has 2 aromatic carbocycles. The number of hydrogen-bond acceptors (Lipinski definition) is 4. The molecule has 0 saturated heterocycles. The number of ether oxygens (including phenoxy) is 1. The third-order valence-corrected chi connectivity index (χ3v) is 6.03. The Bertz CT molecular complexity index is 937. The van der Waals surface area contributed by atoms with Crippen molar-refractivity contribution in [3.63, 3.8) is 0 Å². The average Bonchev–Trinajstić information content (AvgIpc) is 2.80. The monoisotopic (exact) mass is 373 g/mol. The van der Waals surface area contributed by atoms with E-state index in [-0.39, 0.29) is 16.7 Å². The predicted octanol–water partition coefficient (Wildman–Crippen LogP) is 2.64. The van der Waals surface area contributed by atoms with Gasteiger partial charge in [0.1, 0.15) is 5.75 Å². The summed E-state index contributed by atoms with van der Waals surface area (Å²) in [6.45, 7) is 2.74. The lowest BCUT2D eigenvalue weighted by Gasteiger charge is -2.25. The number of benzene rings is 2. The molecule has 0 N–H and O–H groups in total. The largest absolute Gasteiger partial charge is 0.497 e. The molecular weight excluding hydrogens is 350 g/mol. The molecule has 26 heavy (non-hydrogen) atoms. The first kappa shape index (κ1) is 18.5. The maximum atomic E-state index is 12.0. The second kappa shape index (κ2) is 7.11. The van der Waals surface area contributed by atoms with Crippen LogP contribution in [-0.4, -0.2) is 45.7 Å². The van der Waals surface area contributed by atoms with Crippen LogP contribution in [0.4, 0.5) is 0 Å². The summed E-state index contributed by atoms with van der Waals surface area (Å²) >= 11 is 0. The maximum absolute atomic E-state index is 12.0. The van der Waals surface area contributed by atoms with Crippen LogP contribution in [0.5, 0.6) is 5.75 Å². The number of methoxy groups -OCH3 is 1. The van der Waals surface area contributed by atoms with Crippen LogP contribution in [0.25, 0.3) is 0 Å². The molecule has 0 bridgehead atoms. The van der Waals surface area contributed by atoms with Gasteiger partial charge >= 0.3 is 0 Å². The number of carbonyl (C=O) groups is 1. The highest BCUT2D eigenvalue weighted by molar-refractivity contribution is 7.90. The lowest BCUT2D eigenvalue weighted by Crippen LogP contribution is -2.33. The molecule has 0 saturated carbocycles. The van der Waals surface area contributed by atoms with E-state index in [1.165, 1.54) is 6.26 Å². The number of fused-ring (bicyclic) bond motifs is 1. The Labute approximate surface area is 154 Å². The van der Waals surface area contributed by atoms with Gasteiger partial charge in [0.2, 0.25) is 5.91 Å². The third-order valence-electron chi connectivity index (χ3n) is 4.92. The van der Waals surface area contributed by atoms with Gasteiger partial charge in [0.15, 0.2) is 9.84 Å². The van der Waals surface area contributed by atoms with Gasteiger partial charge in [-0.25, -0.2) is 8.42 Å². The molecule has 1 unspecified atom stereocenters. The molecule has 0 spiro atoms. The van der Waals surface area contributed by atoms with E-state index >= 15 is 0 Å². The van der Waals surface area contributed by atoms with Crippen molar-refractivity contribution in [1.82, 2.24) is 4.90 Å². The molecule has 2 aromatic rings. The van der Waals surface area contributed by atoms with Crippen molar-refractivity contribution in [3.05, 3.63) is 59.2 Å². The zero-order chi connectivity index (χ0) is 18.9. The fourth-order valence-electron chi connectivity index (χ4n) is 3.45. The number of amides is 1. The smallest absolute Gasteiger partial charge is 0.219 e. The third kappa shape index (κ3) is 3.75. The fourth-order valence-corrected chi connectivity index (χ4v) is 4.13. The SMILES string of the molecule is COc1ccc2c(c1)C(c1cccc(S(C)(=O)=O)c1)CN(C(C)=O)CC2. The lowest BCUT2D eigenvalue weighted by atomic mass is 9.88. The minimum Gasteiger partial charge on any atom is -0.497 e. The summed E-state index contributed by atoms with van der Waals surface area (Å²) in [5.74, 6) is 0.673. The van der Waals surface area contributed by atoms with Gasteiger partial charge in [-0.05, 0) is 47.4 Å². The summed E-state index contributed by atoms with van der Waals surface area (Å²) in [5.41, 5.74) is 3.12. The van der Waals surface area contributed by atoms with Crippen molar-refractivity contribution in [2.24, 2.45) is 0 Å². The quantitative estimate of drug-likeness (QED) is 0.830. The minimum absolute atomic E-state index is 0.0223. The molecule has 138 valence electrons. The van der Waals surface area contributed by atoms with E-state index in [1.54, 1.807) is 32.2 Å². The minimum atomic E-state index is -3.30.